The first-order valence-corrected chi connectivity index (χ1v) is 9.36. The minimum absolute atomic E-state index is 0.249. The second-order valence-electron chi connectivity index (χ2n) is 7.85. The summed E-state index contributed by atoms with van der Waals surface area (Å²) < 4.78 is 0. The van der Waals surface area contributed by atoms with Crippen molar-refractivity contribution in [3.8, 4) is 0 Å². The zero-order chi connectivity index (χ0) is 15.7. The van der Waals surface area contributed by atoms with Crippen LogP contribution in [0.4, 0.5) is 0 Å². The number of benzene rings is 1. The first kappa shape index (κ1) is 15.2. The summed E-state index contributed by atoms with van der Waals surface area (Å²) in [5.74, 6) is 0.815. The Hall–Kier alpha value is -1.35. The summed E-state index contributed by atoms with van der Waals surface area (Å²) >= 11 is 0. The van der Waals surface area contributed by atoms with E-state index in [2.05, 4.69) is 28.4 Å². The summed E-state index contributed by atoms with van der Waals surface area (Å²) in [5.41, 5.74) is 2.68. The number of nitrogens with one attached hydrogen (secondary N) is 1. The fraction of sp³-hybridized carbons (Fsp3) is 0.650. The van der Waals surface area contributed by atoms with Crippen molar-refractivity contribution in [1.82, 2.24) is 10.2 Å². The Balaban J connectivity index is 1.48. The molecule has 1 aliphatic carbocycles. The molecule has 2 heterocycles. The monoisotopic (exact) mass is 312 g/mol. The number of piperidine rings is 1. The standard InChI is InChI=1S/C20H28N2O/c23-19(22-12-10-20(15-22)8-1-2-9-20)17-6-3-5-16(13-17)18-7-4-11-21-14-18/h3,5-6,13,18,21H,1-2,4,7-12,14-15H2/t18-/m1/s1. The van der Waals surface area contributed by atoms with E-state index in [1.165, 1.54) is 50.5 Å². The van der Waals surface area contributed by atoms with Crippen LogP contribution >= 0.6 is 0 Å². The van der Waals surface area contributed by atoms with Gasteiger partial charge in [-0.05, 0) is 67.7 Å². The van der Waals surface area contributed by atoms with Crippen LogP contribution in [0.5, 0.6) is 0 Å². The van der Waals surface area contributed by atoms with E-state index in [4.69, 9.17) is 0 Å². The third-order valence-electron chi connectivity index (χ3n) is 6.29. The molecular weight excluding hydrogens is 284 g/mol. The van der Waals surface area contributed by atoms with Crippen molar-refractivity contribution in [2.45, 2.75) is 50.9 Å². The summed E-state index contributed by atoms with van der Waals surface area (Å²) in [6.07, 6.45) is 9.04. The van der Waals surface area contributed by atoms with Crippen LogP contribution in [0.15, 0.2) is 24.3 Å². The predicted octanol–water partition coefficient (Wildman–Crippen LogP) is 3.56. The van der Waals surface area contributed by atoms with Gasteiger partial charge < -0.3 is 10.2 Å². The Kier molecular flexibility index (Phi) is 4.14. The van der Waals surface area contributed by atoms with E-state index >= 15 is 0 Å². The van der Waals surface area contributed by atoms with Crippen LogP contribution in [0.3, 0.4) is 0 Å². The molecule has 1 atom stereocenters. The van der Waals surface area contributed by atoms with Crippen LogP contribution in [0.25, 0.3) is 0 Å². The average Bonchev–Trinajstić information content (AvgIpc) is 3.25. The Morgan fingerprint density at radius 2 is 2.04 bits per heavy atom. The number of likely N-dealkylation sites (tertiary alicyclic amines) is 1. The van der Waals surface area contributed by atoms with E-state index in [1.54, 1.807) is 0 Å². The molecule has 2 saturated heterocycles. The highest BCUT2D eigenvalue weighted by Crippen LogP contribution is 2.45. The van der Waals surface area contributed by atoms with E-state index in [0.717, 1.165) is 31.7 Å². The smallest absolute Gasteiger partial charge is 0.253 e. The maximum absolute atomic E-state index is 12.9. The first-order valence-electron chi connectivity index (χ1n) is 9.36. The zero-order valence-corrected chi connectivity index (χ0v) is 14.0. The summed E-state index contributed by atoms with van der Waals surface area (Å²) in [4.78, 5) is 15.0. The molecule has 3 heteroatoms. The van der Waals surface area contributed by atoms with Crippen molar-refractivity contribution in [3.63, 3.8) is 0 Å². The van der Waals surface area contributed by atoms with Crippen LogP contribution < -0.4 is 5.32 Å². The van der Waals surface area contributed by atoms with E-state index in [9.17, 15) is 4.79 Å². The second kappa shape index (κ2) is 6.27. The largest absolute Gasteiger partial charge is 0.338 e. The van der Waals surface area contributed by atoms with E-state index < -0.39 is 0 Å². The maximum atomic E-state index is 12.9. The molecule has 1 spiro atoms. The molecule has 4 rings (SSSR count). The molecule has 0 radical (unpaired) electrons. The number of hydrogen-bond donors (Lipinski definition) is 1. The van der Waals surface area contributed by atoms with Gasteiger partial charge in [-0.15, -0.1) is 0 Å². The molecule has 124 valence electrons. The van der Waals surface area contributed by atoms with Crippen LogP contribution in [0.1, 0.15) is 66.8 Å². The van der Waals surface area contributed by atoms with Crippen LogP contribution in [-0.2, 0) is 0 Å². The van der Waals surface area contributed by atoms with Crippen LogP contribution in [-0.4, -0.2) is 37.0 Å². The molecule has 3 nitrogen and oxygen atoms in total. The highest BCUT2D eigenvalue weighted by molar-refractivity contribution is 5.94. The lowest BCUT2D eigenvalue weighted by Gasteiger charge is -2.25. The lowest BCUT2D eigenvalue weighted by Crippen LogP contribution is -2.31. The van der Waals surface area contributed by atoms with Gasteiger partial charge in [0.25, 0.3) is 5.91 Å². The fourth-order valence-electron chi connectivity index (χ4n) is 4.89. The van der Waals surface area contributed by atoms with Gasteiger partial charge in [0.2, 0.25) is 0 Å². The maximum Gasteiger partial charge on any atom is 0.253 e. The Morgan fingerprint density at radius 3 is 2.83 bits per heavy atom. The molecule has 1 N–H and O–H groups in total. The second-order valence-corrected chi connectivity index (χ2v) is 7.85. The fourth-order valence-corrected chi connectivity index (χ4v) is 4.89. The molecule has 1 aromatic rings. The number of rotatable bonds is 2. The van der Waals surface area contributed by atoms with Gasteiger partial charge in [0.1, 0.15) is 0 Å². The van der Waals surface area contributed by atoms with Crippen molar-refractivity contribution in [1.29, 1.82) is 0 Å². The molecule has 23 heavy (non-hydrogen) atoms. The van der Waals surface area contributed by atoms with Gasteiger partial charge in [-0.1, -0.05) is 25.0 Å². The summed E-state index contributed by atoms with van der Waals surface area (Å²) in [7, 11) is 0. The molecule has 2 aliphatic heterocycles. The van der Waals surface area contributed by atoms with Crippen LogP contribution in [0, 0.1) is 5.41 Å². The van der Waals surface area contributed by atoms with Gasteiger partial charge in [0, 0.05) is 25.2 Å². The molecule has 0 unspecified atom stereocenters. The molecule has 3 aliphatic rings. The Morgan fingerprint density at radius 1 is 1.17 bits per heavy atom. The number of nitrogens with zero attached hydrogens (tertiary/aromatic N) is 1. The molecule has 1 saturated carbocycles. The first-order chi connectivity index (χ1) is 11.3. The minimum Gasteiger partial charge on any atom is -0.338 e. The van der Waals surface area contributed by atoms with Crippen LogP contribution in [0.2, 0.25) is 0 Å². The van der Waals surface area contributed by atoms with Gasteiger partial charge >= 0.3 is 0 Å². The van der Waals surface area contributed by atoms with Gasteiger partial charge in [-0.2, -0.15) is 0 Å². The lowest BCUT2D eigenvalue weighted by atomic mass is 9.86. The van der Waals surface area contributed by atoms with E-state index in [0.29, 0.717) is 11.3 Å². The number of carbonyl (C=O) groups excluding carboxylic acids is 1. The number of amides is 1. The topological polar surface area (TPSA) is 32.3 Å². The molecule has 1 amide bonds. The summed E-state index contributed by atoms with van der Waals surface area (Å²) in [5, 5.41) is 3.47. The number of hydrogen-bond acceptors (Lipinski definition) is 2. The van der Waals surface area contributed by atoms with E-state index in [-0.39, 0.29) is 5.91 Å². The van der Waals surface area contributed by atoms with Gasteiger partial charge in [0.15, 0.2) is 0 Å². The minimum atomic E-state index is 0.249. The van der Waals surface area contributed by atoms with Crippen molar-refractivity contribution < 1.29 is 4.79 Å². The van der Waals surface area contributed by atoms with Crippen molar-refractivity contribution in [3.05, 3.63) is 35.4 Å². The molecule has 1 aromatic carbocycles. The van der Waals surface area contributed by atoms with Crippen molar-refractivity contribution >= 4 is 5.91 Å². The lowest BCUT2D eigenvalue weighted by molar-refractivity contribution is 0.0773. The van der Waals surface area contributed by atoms with Gasteiger partial charge in [-0.3, -0.25) is 4.79 Å². The predicted molar refractivity (Wildman–Crippen MR) is 92.7 cm³/mol. The Labute approximate surface area is 139 Å². The third-order valence-corrected chi connectivity index (χ3v) is 6.29. The molecule has 0 aromatic heterocycles. The Bertz CT molecular complexity index is 571. The molecule has 3 fully saturated rings. The third kappa shape index (κ3) is 3.03. The zero-order valence-electron chi connectivity index (χ0n) is 14.0. The summed E-state index contributed by atoms with van der Waals surface area (Å²) in [6, 6.07) is 8.41. The van der Waals surface area contributed by atoms with E-state index in [1.807, 2.05) is 6.07 Å². The van der Waals surface area contributed by atoms with Gasteiger partial charge in [-0.25, -0.2) is 0 Å². The summed E-state index contributed by atoms with van der Waals surface area (Å²) in [6.45, 7) is 4.12. The van der Waals surface area contributed by atoms with Gasteiger partial charge in [0.05, 0.1) is 0 Å². The SMILES string of the molecule is O=C(c1cccc([C@@H]2CCCNC2)c1)N1CCC2(CCCC2)C1. The molecular formula is C20H28N2O. The highest BCUT2D eigenvalue weighted by Gasteiger charge is 2.41. The average molecular weight is 312 g/mol. The number of carbonyl (C=O) groups is 1. The highest BCUT2D eigenvalue weighted by atomic mass is 16.2. The van der Waals surface area contributed by atoms with Crippen molar-refractivity contribution in [2.24, 2.45) is 5.41 Å². The molecule has 0 bridgehead atoms. The quantitative estimate of drug-likeness (QED) is 0.905. The normalized spacial score (nSPS) is 26.8. The van der Waals surface area contributed by atoms with Crippen molar-refractivity contribution in [2.75, 3.05) is 26.2 Å².